The third-order valence-corrected chi connectivity index (χ3v) is 5.71. The summed E-state index contributed by atoms with van der Waals surface area (Å²) in [5.74, 6) is -0.178. The van der Waals surface area contributed by atoms with Crippen LogP contribution in [0.2, 0.25) is 0 Å². The lowest BCUT2D eigenvalue weighted by atomic mass is 10.3. The standard InChI is InChI=1S/C15H22FN3O4S/c1-17(2)24(21,22)19-9-3-8-18(10-11-19)15(20)12-23-14-6-4-13(16)5-7-14/h4-7H,3,8-12H2,1-2H3. The van der Waals surface area contributed by atoms with Crippen LogP contribution < -0.4 is 4.74 Å². The number of halogens is 1. The second-order valence-corrected chi connectivity index (χ2v) is 7.81. The summed E-state index contributed by atoms with van der Waals surface area (Å²) in [7, 11) is -0.498. The van der Waals surface area contributed by atoms with E-state index in [1.807, 2.05) is 0 Å². The molecule has 0 radical (unpaired) electrons. The van der Waals surface area contributed by atoms with Gasteiger partial charge in [-0.2, -0.15) is 17.0 Å². The molecule has 1 aromatic rings. The molecule has 1 heterocycles. The van der Waals surface area contributed by atoms with Crippen molar-refractivity contribution in [3.05, 3.63) is 30.1 Å². The van der Waals surface area contributed by atoms with Crippen molar-refractivity contribution in [3.8, 4) is 5.75 Å². The van der Waals surface area contributed by atoms with Crippen LogP contribution in [0.25, 0.3) is 0 Å². The molecule has 1 amide bonds. The lowest BCUT2D eigenvalue weighted by Gasteiger charge is -2.24. The molecule has 7 nitrogen and oxygen atoms in total. The van der Waals surface area contributed by atoms with Crippen molar-refractivity contribution in [1.29, 1.82) is 0 Å². The van der Waals surface area contributed by atoms with Crippen LogP contribution in [0.5, 0.6) is 5.75 Å². The predicted molar refractivity (Wildman–Crippen MR) is 87.3 cm³/mol. The Hall–Kier alpha value is -1.71. The van der Waals surface area contributed by atoms with E-state index >= 15 is 0 Å². The van der Waals surface area contributed by atoms with E-state index in [1.165, 1.54) is 47.0 Å². The number of rotatable bonds is 5. The summed E-state index contributed by atoms with van der Waals surface area (Å²) in [5, 5.41) is 0. The minimum Gasteiger partial charge on any atom is -0.484 e. The molecular formula is C15H22FN3O4S. The molecule has 0 bridgehead atoms. The summed E-state index contributed by atoms with van der Waals surface area (Å²) >= 11 is 0. The molecule has 9 heteroatoms. The zero-order chi connectivity index (χ0) is 17.7. The quantitative estimate of drug-likeness (QED) is 0.770. The van der Waals surface area contributed by atoms with Gasteiger partial charge < -0.3 is 9.64 Å². The largest absolute Gasteiger partial charge is 0.484 e. The molecule has 0 N–H and O–H groups in total. The van der Waals surface area contributed by atoms with Crippen molar-refractivity contribution in [2.45, 2.75) is 6.42 Å². The monoisotopic (exact) mass is 359 g/mol. The van der Waals surface area contributed by atoms with Gasteiger partial charge in [0.1, 0.15) is 11.6 Å². The van der Waals surface area contributed by atoms with Gasteiger partial charge in [0.2, 0.25) is 0 Å². The minimum absolute atomic E-state index is 0.161. The van der Waals surface area contributed by atoms with E-state index in [2.05, 4.69) is 0 Å². The molecule has 24 heavy (non-hydrogen) atoms. The van der Waals surface area contributed by atoms with E-state index in [4.69, 9.17) is 4.74 Å². The summed E-state index contributed by atoms with van der Waals surface area (Å²) < 4.78 is 45.0. The van der Waals surface area contributed by atoms with Crippen LogP contribution in [-0.2, 0) is 15.0 Å². The fourth-order valence-corrected chi connectivity index (χ4v) is 3.51. The van der Waals surface area contributed by atoms with E-state index < -0.39 is 10.2 Å². The molecule has 1 saturated heterocycles. The Bertz CT molecular complexity index is 664. The molecule has 1 aromatic carbocycles. The second-order valence-electron chi connectivity index (χ2n) is 5.67. The van der Waals surface area contributed by atoms with Crippen molar-refractivity contribution in [1.82, 2.24) is 13.5 Å². The number of carbonyl (C=O) groups excluding carboxylic acids is 1. The van der Waals surface area contributed by atoms with Crippen molar-refractivity contribution >= 4 is 16.1 Å². The first-order chi connectivity index (χ1) is 11.3. The highest BCUT2D eigenvalue weighted by Gasteiger charge is 2.28. The van der Waals surface area contributed by atoms with Gasteiger partial charge in [-0.1, -0.05) is 0 Å². The average molecular weight is 359 g/mol. The van der Waals surface area contributed by atoms with E-state index in [-0.39, 0.29) is 24.9 Å². The lowest BCUT2D eigenvalue weighted by Crippen LogP contribution is -2.43. The third-order valence-electron chi connectivity index (χ3n) is 3.77. The van der Waals surface area contributed by atoms with Crippen molar-refractivity contribution < 1.29 is 22.3 Å². The Balaban J connectivity index is 1.89. The Morgan fingerprint density at radius 1 is 1.17 bits per heavy atom. The molecule has 0 saturated carbocycles. The summed E-state index contributed by atoms with van der Waals surface area (Å²) in [6, 6.07) is 5.43. The first-order valence-corrected chi connectivity index (χ1v) is 9.04. The zero-order valence-electron chi connectivity index (χ0n) is 13.8. The lowest BCUT2D eigenvalue weighted by molar-refractivity contribution is -0.133. The van der Waals surface area contributed by atoms with Gasteiger partial charge in [0.05, 0.1) is 0 Å². The first-order valence-electron chi connectivity index (χ1n) is 7.64. The first kappa shape index (κ1) is 18.6. The number of amides is 1. The molecule has 1 aliphatic heterocycles. The fourth-order valence-electron chi connectivity index (χ4n) is 2.37. The summed E-state index contributed by atoms with van der Waals surface area (Å²) in [4.78, 5) is 13.8. The average Bonchev–Trinajstić information content (AvgIpc) is 2.80. The van der Waals surface area contributed by atoms with Crippen LogP contribution in [0.1, 0.15) is 6.42 Å². The van der Waals surface area contributed by atoms with Gasteiger partial charge in [0, 0.05) is 40.3 Å². The van der Waals surface area contributed by atoms with Crippen LogP contribution in [0.3, 0.4) is 0 Å². The van der Waals surface area contributed by atoms with Crippen LogP contribution in [0.4, 0.5) is 4.39 Å². The summed E-state index contributed by atoms with van der Waals surface area (Å²) in [5.41, 5.74) is 0. The topological polar surface area (TPSA) is 70.2 Å². The predicted octanol–water partition coefficient (Wildman–Crippen LogP) is 0.545. The normalized spacial score (nSPS) is 16.9. The van der Waals surface area contributed by atoms with Gasteiger partial charge in [0.25, 0.3) is 16.1 Å². The Labute approximate surface area is 141 Å². The molecule has 0 unspecified atom stereocenters. The summed E-state index contributed by atoms with van der Waals surface area (Å²) in [6.45, 7) is 1.27. The van der Waals surface area contributed by atoms with E-state index in [0.29, 0.717) is 31.8 Å². The van der Waals surface area contributed by atoms with Crippen LogP contribution in [-0.4, -0.2) is 74.7 Å². The Morgan fingerprint density at radius 2 is 1.83 bits per heavy atom. The minimum atomic E-state index is -3.47. The number of carbonyl (C=O) groups is 1. The zero-order valence-corrected chi connectivity index (χ0v) is 14.6. The smallest absolute Gasteiger partial charge is 0.281 e. The molecule has 0 aliphatic carbocycles. The van der Waals surface area contributed by atoms with Crippen LogP contribution >= 0.6 is 0 Å². The molecule has 0 atom stereocenters. The van der Waals surface area contributed by atoms with Gasteiger partial charge in [0.15, 0.2) is 6.61 Å². The van der Waals surface area contributed by atoms with Gasteiger partial charge in [-0.3, -0.25) is 4.79 Å². The van der Waals surface area contributed by atoms with Crippen molar-refractivity contribution in [2.75, 3.05) is 46.9 Å². The maximum atomic E-state index is 12.8. The number of ether oxygens (including phenoxy) is 1. The highest BCUT2D eigenvalue weighted by Crippen LogP contribution is 2.13. The SMILES string of the molecule is CN(C)S(=O)(=O)N1CCCN(C(=O)COc2ccc(F)cc2)CC1. The van der Waals surface area contributed by atoms with Crippen LogP contribution in [0.15, 0.2) is 24.3 Å². The molecule has 1 fully saturated rings. The third kappa shape index (κ3) is 4.65. The van der Waals surface area contributed by atoms with Gasteiger partial charge in [-0.15, -0.1) is 0 Å². The van der Waals surface area contributed by atoms with Crippen molar-refractivity contribution in [2.24, 2.45) is 0 Å². The second kappa shape index (κ2) is 7.91. The Morgan fingerprint density at radius 3 is 2.46 bits per heavy atom. The summed E-state index contributed by atoms with van der Waals surface area (Å²) in [6.07, 6.45) is 0.565. The molecule has 2 rings (SSSR count). The van der Waals surface area contributed by atoms with E-state index in [0.717, 1.165) is 0 Å². The van der Waals surface area contributed by atoms with Gasteiger partial charge in [-0.25, -0.2) is 4.39 Å². The molecule has 0 spiro atoms. The van der Waals surface area contributed by atoms with Gasteiger partial charge >= 0.3 is 0 Å². The van der Waals surface area contributed by atoms with E-state index in [1.54, 1.807) is 4.90 Å². The molecule has 1 aliphatic rings. The maximum Gasteiger partial charge on any atom is 0.281 e. The maximum absolute atomic E-state index is 12.8. The Kier molecular flexibility index (Phi) is 6.14. The number of benzene rings is 1. The number of hydrogen-bond donors (Lipinski definition) is 0. The highest BCUT2D eigenvalue weighted by molar-refractivity contribution is 7.86. The molecular weight excluding hydrogens is 337 g/mol. The molecule has 0 aromatic heterocycles. The number of nitrogens with zero attached hydrogens (tertiary/aromatic N) is 3. The van der Waals surface area contributed by atoms with E-state index in [9.17, 15) is 17.6 Å². The van der Waals surface area contributed by atoms with Crippen LogP contribution in [0, 0.1) is 5.82 Å². The van der Waals surface area contributed by atoms with Crippen molar-refractivity contribution in [3.63, 3.8) is 0 Å². The fraction of sp³-hybridized carbons (Fsp3) is 0.533. The van der Waals surface area contributed by atoms with Gasteiger partial charge in [-0.05, 0) is 30.7 Å². The number of hydrogen-bond acceptors (Lipinski definition) is 4. The molecule has 134 valence electrons. The highest BCUT2D eigenvalue weighted by atomic mass is 32.2.